The van der Waals surface area contributed by atoms with Crippen molar-refractivity contribution < 1.29 is 10.2 Å². The summed E-state index contributed by atoms with van der Waals surface area (Å²) in [7, 11) is 0. The zero-order valence-electron chi connectivity index (χ0n) is 8.32. The van der Waals surface area contributed by atoms with Crippen molar-refractivity contribution in [3.8, 4) is 0 Å². The topological polar surface area (TPSA) is 93.6 Å². The summed E-state index contributed by atoms with van der Waals surface area (Å²) in [6.07, 6.45) is 2.71. The second-order valence-electron chi connectivity index (χ2n) is 3.82. The Morgan fingerprint density at radius 2 is 2.29 bits per heavy atom. The molecule has 82 valence electrons. The van der Waals surface area contributed by atoms with Crippen LogP contribution in [0.2, 0.25) is 0 Å². The van der Waals surface area contributed by atoms with Crippen LogP contribution in [0.25, 0.3) is 0 Å². The summed E-state index contributed by atoms with van der Waals surface area (Å²) in [5.41, 5.74) is 5.31. The van der Waals surface area contributed by atoms with E-state index in [1.54, 1.807) is 0 Å². The van der Waals surface area contributed by atoms with Gasteiger partial charge in [0.2, 0.25) is 0 Å². The maximum absolute atomic E-state index is 9.65. The fourth-order valence-corrected chi connectivity index (χ4v) is 1.94. The van der Waals surface area contributed by atoms with Gasteiger partial charge >= 0.3 is 0 Å². The summed E-state index contributed by atoms with van der Waals surface area (Å²) in [4.78, 5) is 1.51. The van der Waals surface area contributed by atoms with Crippen LogP contribution in [0.15, 0.2) is 0 Å². The van der Waals surface area contributed by atoms with Crippen LogP contribution in [0.3, 0.4) is 0 Å². The molecule has 0 saturated carbocycles. The Morgan fingerprint density at radius 1 is 1.57 bits per heavy atom. The molecule has 14 heavy (non-hydrogen) atoms. The van der Waals surface area contributed by atoms with E-state index in [1.807, 2.05) is 0 Å². The van der Waals surface area contributed by atoms with Gasteiger partial charge in [-0.05, 0) is 31.6 Å². The third-order valence-corrected chi connectivity index (χ3v) is 2.76. The zero-order chi connectivity index (χ0) is 10.6. The van der Waals surface area contributed by atoms with E-state index in [-0.39, 0.29) is 12.6 Å². The molecule has 0 amide bonds. The molecule has 5 nitrogen and oxygen atoms in total. The minimum absolute atomic E-state index is 0.0573. The molecular weight excluding hydrogens is 182 g/mol. The molecule has 2 unspecified atom stereocenters. The minimum Gasteiger partial charge on any atom is -0.396 e. The molecule has 0 aromatic heterocycles. The van der Waals surface area contributed by atoms with Crippen LogP contribution in [-0.2, 0) is 0 Å². The van der Waals surface area contributed by atoms with E-state index in [0.29, 0.717) is 18.9 Å². The largest absolute Gasteiger partial charge is 0.396 e. The van der Waals surface area contributed by atoms with Crippen LogP contribution in [-0.4, -0.2) is 40.5 Å². The number of rotatable bonds is 3. The van der Waals surface area contributed by atoms with E-state index in [0.717, 1.165) is 19.3 Å². The SMILES string of the molecule is N=C(N)N1CCC(CCCO)CC1O. The number of hydrogen-bond donors (Lipinski definition) is 4. The molecule has 0 radical (unpaired) electrons. The summed E-state index contributed by atoms with van der Waals surface area (Å²) in [5.74, 6) is 0.394. The van der Waals surface area contributed by atoms with E-state index in [1.165, 1.54) is 4.90 Å². The van der Waals surface area contributed by atoms with Gasteiger partial charge in [0.15, 0.2) is 5.96 Å². The fraction of sp³-hybridized carbons (Fsp3) is 0.889. The molecule has 0 aliphatic carbocycles. The minimum atomic E-state index is -0.620. The molecule has 5 heteroatoms. The number of aliphatic hydroxyl groups is 2. The van der Waals surface area contributed by atoms with E-state index < -0.39 is 6.23 Å². The van der Waals surface area contributed by atoms with Crippen molar-refractivity contribution in [3.05, 3.63) is 0 Å². The van der Waals surface area contributed by atoms with Gasteiger partial charge in [-0.1, -0.05) is 0 Å². The van der Waals surface area contributed by atoms with Gasteiger partial charge in [-0.15, -0.1) is 0 Å². The second-order valence-corrected chi connectivity index (χ2v) is 3.82. The predicted octanol–water partition coefficient (Wildman–Crippen LogP) is -0.317. The monoisotopic (exact) mass is 201 g/mol. The molecule has 0 aromatic carbocycles. The molecule has 1 heterocycles. The van der Waals surface area contributed by atoms with E-state index in [2.05, 4.69) is 0 Å². The number of nitrogens with two attached hydrogens (primary N) is 1. The van der Waals surface area contributed by atoms with Crippen LogP contribution in [0.1, 0.15) is 25.7 Å². The van der Waals surface area contributed by atoms with Crippen molar-refractivity contribution in [3.63, 3.8) is 0 Å². The Kier molecular flexibility index (Phi) is 4.16. The van der Waals surface area contributed by atoms with Crippen molar-refractivity contribution in [2.45, 2.75) is 31.9 Å². The maximum atomic E-state index is 9.65. The van der Waals surface area contributed by atoms with Gasteiger partial charge in [0, 0.05) is 13.2 Å². The predicted molar refractivity (Wildman–Crippen MR) is 53.7 cm³/mol. The molecule has 1 fully saturated rings. The van der Waals surface area contributed by atoms with Gasteiger partial charge in [-0.25, -0.2) is 0 Å². The van der Waals surface area contributed by atoms with Gasteiger partial charge in [0.05, 0.1) is 0 Å². The van der Waals surface area contributed by atoms with Gasteiger partial charge in [0.25, 0.3) is 0 Å². The molecular formula is C9H19N3O2. The number of likely N-dealkylation sites (tertiary alicyclic amines) is 1. The molecule has 1 rings (SSSR count). The van der Waals surface area contributed by atoms with E-state index in [4.69, 9.17) is 16.2 Å². The Balaban J connectivity index is 2.35. The number of nitrogens with one attached hydrogen (secondary N) is 1. The van der Waals surface area contributed by atoms with Gasteiger partial charge < -0.3 is 20.8 Å². The number of piperidine rings is 1. The highest BCUT2D eigenvalue weighted by Crippen LogP contribution is 2.24. The molecule has 0 aromatic rings. The second kappa shape index (κ2) is 5.17. The number of nitrogens with zero attached hydrogens (tertiary/aromatic N) is 1. The molecule has 1 aliphatic rings. The summed E-state index contributed by atoms with van der Waals surface area (Å²) < 4.78 is 0. The average Bonchev–Trinajstić information content (AvgIpc) is 2.14. The average molecular weight is 201 g/mol. The Bertz CT molecular complexity index is 198. The summed E-state index contributed by atoms with van der Waals surface area (Å²) in [6, 6.07) is 0. The quantitative estimate of drug-likeness (QED) is 0.372. The molecule has 0 spiro atoms. The fourth-order valence-electron chi connectivity index (χ4n) is 1.94. The van der Waals surface area contributed by atoms with Crippen molar-refractivity contribution in [2.75, 3.05) is 13.2 Å². The van der Waals surface area contributed by atoms with Crippen LogP contribution in [0.5, 0.6) is 0 Å². The smallest absolute Gasteiger partial charge is 0.190 e. The molecule has 5 N–H and O–H groups in total. The van der Waals surface area contributed by atoms with Crippen LogP contribution in [0.4, 0.5) is 0 Å². The van der Waals surface area contributed by atoms with E-state index in [9.17, 15) is 5.11 Å². The highest BCUT2D eigenvalue weighted by molar-refractivity contribution is 5.74. The number of aliphatic hydroxyl groups excluding tert-OH is 2. The first-order valence-corrected chi connectivity index (χ1v) is 5.04. The third-order valence-electron chi connectivity index (χ3n) is 2.76. The Hall–Kier alpha value is -0.810. The number of hydrogen-bond acceptors (Lipinski definition) is 3. The first-order chi connectivity index (χ1) is 6.65. The van der Waals surface area contributed by atoms with Crippen molar-refractivity contribution >= 4 is 5.96 Å². The first-order valence-electron chi connectivity index (χ1n) is 5.04. The first kappa shape index (κ1) is 11.3. The van der Waals surface area contributed by atoms with Gasteiger partial charge in [-0.2, -0.15) is 0 Å². The molecule has 0 bridgehead atoms. The molecule has 2 atom stereocenters. The standard InChI is InChI=1S/C9H19N3O2/c10-9(11)12-4-3-7(2-1-5-13)6-8(12)14/h7-8,13-14H,1-6H2,(H3,10,11). The Morgan fingerprint density at radius 3 is 2.79 bits per heavy atom. The molecule has 1 aliphatic heterocycles. The van der Waals surface area contributed by atoms with Gasteiger partial charge in [-0.3, -0.25) is 5.41 Å². The lowest BCUT2D eigenvalue weighted by atomic mass is 9.91. The lowest BCUT2D eigenvalue weighted by molar-refractivity contribution is -0.00218. The number of guanidine groups is 1. The Labute approximate surface area is 84.0 Å². The van der Waals surface area contributed by atoms with Crippen molar-refractivity contribution in [1.29, 1.82) is 5.41 Å². The van der Waals surface area contributed by atoms with E-state index >= 15 is 0 Å². The highest BCUT2D eigenvalue weighted by atomic mass is 16.3. The lowest BCUT2D eigenvalue weighted by Crippen LogP contribution is -2.48. The van der Waals surface area contributed by atoms with Crippen LogP contribution in [0, 0.1) is 11.3 Å². The maximum Gasteiger partial charge on any atom is 0.190 e. The normalized spacial score (nSPS) is 27.7. The highest BCUT2D eigenvalue weighted by Gasteiger charge is 2.26. The van der Waals surface area contributed by atoms with Crippen LogP contribution < -0.4 is 5.73 Å². The summed E-state index contributed by atoms with van der Waals surface area (Å²) in [5, 5.41) is 25.6. The zero-order valence-corrected chi connectivity index (χ0v) is 8.32. The van der Waals surface area contributed by atoms with Crippen LogP contribution >= 0.6 is 0 Å². The summed E-state index contributed by atoms with van der Waals surface area (Å²) in [6.45, 7) is 0.857. The third kappa shape index (κ3) is 2.85. The van der Waals surface area contributed by atoms with Crippen molar-refractivity contribution in [2.24, 2.45) is 11.7 Å². The molecule has 1 saturated heterocycles. The lowest BCUT2D eigenvalue weighted by Gasteiger charge is -2.36. The van der Waals surface area contributed by atoms with Gasteiger partial charge in [0.1, 0.15) is 6.23 Å². The van der Waals surface area contributed by atoms with Crippen molar-refractivity contribution in [1.82, 2.24) is 4.90 Å². The summed E-state index contributed by atoms with van der Waals surface area (Å²) >= 11 is 0.